The van der Waals surface area contributed by atoms with Gasteiger partial charge in [0.2, 0.25) is 0 Å². The van der Waals surface area contributed by atoms with E-state index in [0.717, 1.165) is 32.7 Å². The molecule has 0 spiro atoms. The first kappa shape index (κ1) is 17.1. The number of hydrogen-bond donors (Lipinski definition) is 1. The van der Waals surface area contributed by atoms with Gasteiger partial charge in [0, 0.05) is 32.0 Å². The maximum absolute atomic E-state index is 4.09. The van der Waals surface area contributed by atoms with Crippen molar-refractivity contribution in [3.8, 4) is 0 Å². The summed E-state index contributed by atoms with van der Waals surface area (Å²) in [6.45, 7) is 14.6. The van der Waals surface area contributed by atoms with Crippen molar-refractivity contribution in [1.82, 2.24) is 15.2 Å². The lowest BCUT2D eigenvalue weighted by molar-refractivity contribution is 0.155. The second-order valence-corrected chi connectivity index (χ2v) is 6.00. The van der Waals surface area contributed by atoms with Gasteiger partial charge in [-0.2, -0.15) is 0 Å². The molecule has 3 heteroatoms. The topological polar surface area (TPSA) is 28.2 Å². The van der Waals surface area contributed by atoms with Crippen molar-refractivity contribution in [2.24, 2.45) is 5.41 Å². The lowest BCUT2D eigenvalue weighted by atomic mass is 9.86. The molecule has 1 rings (SSSR count). The van der Waals surface area contributed by atoms with Crippen LogP contribution in [0.1, 0.15) is 46.1 Å². The zero-order chi connectivity index (χ0) is 14.8. The Morgan fingerprint density at radius 3 is 2.45 bits per heavy atom. The van der Waals surface area contributed by atoms with E-state index in [1.165, 1.54) is 18.4 Å². The predicted molar refractivity (Wildman–Crippen MR) is 86.7 cm³/mol. The van der Waals surface area contributed by atoms with Gasteiger partial charge in [0.1, 0.15) is 0 Å². The zero-order valence-electron chi connectivity index (χ0n) is 13.7. The first-order valence-corrected chi connectivity index (χ1v) is 7.95. The van der Waals surface area contributed by atoms with Gasteiger partial charge < -0.3 is 5.32 Å². The van der Waals surface area contributed by atoms with Crippen molar-refractivity contribution < 1.29 is 0 Å². The third kappa shape index (κ3) is 6.02. The van der Waals surface area contributed by atoms with E-state index in [0.29, 0.717) is 5.41 Å². The van der Waals surface area contributed by atoms with Gasteiger partial charge in [0.05, 0.1) is 0 Å². The van der Waals surface area contributed by atoms with Crippen LogP contribution in [0.3, 0.4) is 0 Å². The minimum Gasteiger partial charge on any atom is -0.316 e. The Balaban J connectivity index is 2.55. The lowest BCUT2D eigenvalue weighted by Crippen LogP contribution is -2.42. The molecule has 3 nitrogen and oxygen atoms in total. The molecule has 0 aliphatic rings. The summed E-state index contributed by atoms with van der Waals surface area (Å²) < 4.78 is 0. The van der Waals surface area contributed by atoms with Gasteiger partial charge in [0.15, 0.2) is 0 Å². The molecule has 0 saturated carbocycles. The monoisotopic (exact) mass is 277 g/mol. The largest absolute Gasteiger partial charge is 0.316 e. The van der Waals surface area contributed by atoms with Crippen molar-refractivity contribution in [2.75, 3.05) is 26.2 Å². The van der Waals surface area contributed by atoms with Gasteiger partial charge in [-0.25, -0.2) is 0 Å². The molecule has 1 unspecified atom stereocenters. The Bertz CT molecular complexity index is 353. The highest BCUT2D eigenvalue weighted by atomic mass is 15.1. The standard InChI is InChI=1S/C17H31N3/c1-5-10-19-14-17(4,6-2)15-20(7-3)13-16-8-11-18-12-9-16/h8-9,11-12,19H,5-7,10,13-15H2,1-4H3. The number of aromatic nitrogens is 1. The van der Waals surface area contributed by atoms with Gasteiger partial charge in [-0.3, -0.25) is 9.88 Å². The third-order valence-corrected chi connectivity index (χ3v) is 4.04. The number of nitrogens with one attached hydrogen (secondary N) is 1. The van der Waals surface area contributed by atoms with Gasteiger partial charge in [-0.05, 0) is 49.0 Å². The van der Waals surface area contributed by atoms with Crippen molar-refractivity contribution in [2.45, 2.75) is 47.1 Å². The van der Waals surface area contributed by atoms with Gasteiger partial charge in [0.25, 0.3) is 0 Å². The molecule has 0 saturated heterocycles. The summed E-state index contributed by atoms with van der Waals surface area (Å²) in [5.41, 5.74) is 1.69. The summed E-state index contributed by atoms with van der Waals surface area (Å²) in [5.74, 6) is 0. The summed E-state index contributed by atoms with van der Waals surface area (Å²) >= 11 is 0. The highest BCUT2D eigenvalue weighted by molar-refractivity contribution is 5.09. The molecule has 1 atom stereocenters. The minimum atomic E-state index is 0.345. The summed E-state index contributed by atoms with van der Waals surface area (Å²) in [6.07, 6.45) is 6.17. The van der Waals surface area contributed by atoms with Crippen LogP contribution in [0.5, 0.6) is 0 Å². The van der Waals surface area contributed by atoms with Gasteiger partial charge >= 0.3 is 0 Å². The van der Waals surface area contributed by atoms with Crippen LogP contribution in [0.2, 0.25) is 0 Å². The predicted octanol–water partition coefficient (Wildman–Crippen LogP) is 3.32. The van der Waals surface area contributed by atoms with E-state index in [4.69, 9.17) is 0 Å². The van der Waals surface area contributed by atoms with Crippen LogP contribution >= 0.6 is 0 Å². The fourth-order valence-corrected chi connectivity index (χ4v) is 2.43. The van der Waals surface area contributed by atoms with Crippen LogP contribution in [0.25, 0.3) is 0 Å². The van der Waals surface area contributed by atoms with Crippen molar-refractivity contribution in [3.05, 3.63) is 30.1 Å². The van der Waals surface area contributed by atoms with Crippen LogP contribution in [0.15, 0.2) is 24.5 Å². The number of hydrogen-bond acceptors (Lipinski definition) is 3. The Morgan fingerprint density at radius 1 is 1.20 bits per heavy atom. The Hall–Kier alpha value is -0.930. The Kier molecular flexibility index (Phi) is 7.78. The van der Waals surface area contributed by atoms with Crippen molar-refractivity contribution >= 4 is 0 Å². The highest BCUT2D eigenvalue weighted by Crippen LogP contribution is 2.22. The molecule has 20 heavy (non-hydrogen) atoms. The number of rotatable bonds is 10. The maximum Gasteiger partial charge on any atom is 0.0271 e. The summed E-state index contributed by atoms with van der Waals surface area (Å²) in [6, 6.07) is 4.22. The Labute approximate surface area is 124 Å². The van der Waals surface area contributed by atoms with Gasteiger partial charge in [-0.1, -0.05) is 27.7 Å². The molecule has 1 N–H and O–H groups in total. The molecule has 0 amide bonds. The zero-order valence-corrected chi connectivity index (χ0v) is 13.7. The van der Waals surface area contributed by atoms with E-state index in [2.05, 4.69) is 55.0 Å². The van der Waals surface area contributed by atoms with E-state index in [-0.39, 0.29) is 0 Å². The van der Waals surface area contributed by atoms with Crippen LogP contribution in [-0.4, -0.2) is 36.1 Å². The van der Waals surface area contributed by atoms with Gasteiger partial charge in [-0.15, -0.1) is 0 Å². The van der Waals surface area contributed by atoms with E-state index in [9.17, 15) is 0 Å². The lowest BCUT2D eigenvalue weighted by Gasteiger charge is -2.35. The molecule has 0 aliphatic carbocycles. The third-order valence-electron chi connectivity index (χ3n) is 4.04. The van der Waals surface area contributed by atoms with Crippen LogP contribution < -0.4 is 5.32 Å². The number of pyridine rings is 1. The second-order valence-electron chi connectivity index (χ2n) is 6.00. The molecule has 0 fully saturated rings. The quantitative estimate of drug-likeness (QED) is 0.665. The molecule has 0 bridgehead atoms. The average Bonchev–Trinajstić information content (AvgIpc) is 2.48. The molecule has 114 valence electrons. The van der Waals surface area contributed by atoms with E-state index in [1.807, 2.05) is 12.4 Å². The molecular weight excluding hydrogens is 246 g/mol. The van der Waals surface area contributed by atoms with Crippen LogP contribution in [0, 0.1) is 5.41 Å². The first-order chi connectivity index (χ1) is 9.63. The summed E-state index contributed by atoms with van der Waals surface area (Å²) in [4.78, 5) is 6.62. The minimum absolute atomic E-state index is 0.345. The highest BCUT2D eigenvalue weighted by Gasteiger charge is 2.24. The average molecular weight is 277 g/mol. The van der Waals surface area contributed by atoms with E-state index in [1.54, 1.807) is 0 Å². The summed E-state index contributed by atoms with van der Waals surface area (Å²) in [5, 5.41) is 3.58. The Morgan fingerprint density at radius 2 is 1.90 bits per heavy atom. The molecular formula is C17H31N3. The van der Waals surface area contributed by atoms with Crippen molar-refractivity contribution in [1.29, 1.82) is 0 Å². The number of nitrogens with zero attached hydrogens (tertiary/aromatic N) is 2. The molecule has 0 aliphatic heterocycles. The van der Waals surface area contributed by atoms with Crippen LogP contribution in [0.4, 0.5) is 0 Å². The maximum atomic E-state index is 4.09. The smallest absolute Gasteiger partial charge is 0.0271 e. The fourth-order valence-electron chi connectivity index (χ4n) is 2.43. The molecule has 1 aromatic rings. The normalized spacial score (nSPS) is 14.4. The molecule has 1 aromatic heterocycles. The van der Waals surface area contributed by atoms with E-state index >= 15 is 0 Å². The molecule has 0 radical (unpaired) electrons. The fraction of sp³-hybridized carbons (Fsp3) is 0.706. The first-order valence-electron chi connectivity index (χ1n) is 7.95. The SMILES string of the molecule is CCCNCC(C)(CC)CN(CC)Cc1ccncc1. The second kappa shape index (κ2) is 9.09. The molecule has 0 aromatic carbocycles. The van der Waals surface area contributed by atoms with E-state index < -0.39 is 0 Å². The summed E-state index contributed by atoms with van der Waals surface area (Å²) in [7, 11) is 0. The molecule has 1 heterocycles. The van der Waals surface area contributed by atoms with Crippen molar-refractivity contribution in [3.63, 3.8) is 0 Å². The van der Waals surface area contributed by atoms with Crippen LogP contribution in [-0.2, 0) is 6.54 Å².